The largest absolute Gasteiger partial charge is 0.457 e. The molecule has 0 radical (unpaired) electrons. The summed E-state index contributed by atoms with van der Waals surface area (Å²) in [4.78, 5) is 14.1. The van der Waals surface area contributed by atoms with E-state index in [1.165, 1.54) is 6.26 Å². The van der Waals surface area contributed by atoms with Crippen LogP contribution < -0.4 is 0 Å². The molecule has 0 N–H and O–H groups in total. The van der Waals surface area contributed by atoms with Crippen LogP contribution in [-0.4, -0.2) is 41.4 Å². The normalized spacial score (nSPS) is 25.0. The summed E-state index contributed by atoms with van der Waals surface area (Å²) in [5, 5.41) is 0.730. The van der Waals surface area contributed by atoms with Gasteiger partial charge in [-0.2, -0.15) is 0 Å². The molecule has 0 spiro atoms. The van der Waals surface area contributed by atoms with Gasteiger partial charge in [0.2, 0.25) is 0 Å². The van der Waals surface area contributed by atoms with Crippen LogP contribution in [0.4, 0.5) is 0 Å². The Morgan fingerprint density at radius 1 is 1.59 bits per heavy atom. The van der Waals surface area contributed by atoms with Gasteiger partial charge in [-0.3, -0.25) is 4.79 Å². The molecular weight excluding hydrogens is 354 g/mol. The molecule has 2 heterocycles. The molecule has 6 heteroatoms. The molecule has 1 fully saturated rings. The molecule has 1 aliphatic heterocycles. The van der Waals surface area contributed by atoms with Crippen LogP contribution in [0.25, 0.3) is 0 Å². The van der Waals surface area contributed by atoms with E-state index in [0.717, 1.165) is 5.33 Å². The van der Waals surface area contributed by atoms with Crippen molar-refractivity contribution in [3.63, 3.8) is 0 Å². The van der Waals surface area contributed by atoms with Gasteiger partial charge in [-0.1, -0.05) is 15.9 Å². The summed E-state index contributed by atoms with van der Waals surface area (Å²) in [6.45, 7) is 3.19. The van der Waals surface area contributed by atoms with Gasteiger partial charge >= 0.3 is 0 Å². The molecule has 2 atom stereocenters. The Labute approximate surface area is 117 Å². The van der Waals surface area contributed by atoms with Crippen LogP contribution in [0.15, 0.2) is 21.4 Å². The predicted molar refractivity (Wildman–Crippen MR) is 70.4 cm³/mol. The number of carbonyl (C=O) groups excluding carboxylic acids is 1. The standard InChI is InChI=1S/C11H13Br2NO3/c1-7-5-14(6-8(4-12)17-7)11(15)9-2-3-16-10(9)13/h2-3,7-8H,4-6H2,1H3. The number of amides is 1. The zero-order chi connectivity index (χ0) is 12.4. The lowest BCUT2D eigenvalue weighted by molar-refractivity contribution is -0.0560. The first-order chi connectivity index (χ1) is 8.11. The lowest BCUT2D eigenvalue weighted by Gasteiger charge is -2.36. The second-order valence-corrected chi connectivity index (χ2v) is 5.41. The van der Waals surface area contributed by atoms with Gasteiger partial charge in [0, 0.05) is 18.4 Å². The van der Waals surface area contributed by atoms with Crippen LogP contribution in [0, 0.1) is 0 Å². The maximum atomic E-state index is 12.3. The molecule has 0 saturated carbocycles. The van der Waals surface area contributed by atoms with Crippen LogP contribution in [-0.2, 0) is 4.74 Å². The zero-order valence-electron chi connectivity index (χ0n) is 9.36. The van der Waals surface area contributed by atoms with Crippen molar-refractivity contribution >= 4 is 37.8 Å². The Balaban J connectivity index is 2.11. The number of alkyl halides is 1. The summed E-state index contributed by atoms with van der Waals surface area (Å²) in [5.74, 6) is -0.0216. The number of rotatable bonds is 2. The Morgan fingerprint density at radius 3 is 2.94 bits per heavy atom. The van der Waals surface area contributed by atoms with Gasteiger partial charge in [-0.05, 0) is 28.9 Å². The molecular formula is C11H13Br2NO3. The Morgan fingerprint density at radius 2 is 2.35 bits per heavy atom. The average Bonchev–Trinajstić information content (AvgIpc) is 2.73. The minimum atomic E-state index is -0.0216. The number of nitrogens with zero attached hydrogens (tertiary/aromatic N) is 1. The highest BCUT2D eigenvalue weighted by Crippen LogP contribution is 2.22. The fourth-order valence-corrected chi connectivity index (χ4v) is 2.68. The molecule has 17 heavy (non-hydrogen) atoms. The maximum absolute atomic E-state index is 12.3. The highest BCUT2D eigenvalue weighted by molar-refractivity contribution is 9.10. The minimum absolute atomic E-state index is 0.0216. The van der Waals surface area contributed by atoms with Crippen molar-refractivity contribution in [3.05, 3.63) is 22.6 Å². The second kappa shape index (κ2) is 5.54. The highest BCUT2D eigenvalue weighted by Gasteiger charge is 2.29. The molecule has 0 bridgehead atoms. The number of furan rings is 1. The molecule has 1 aromatic heterocycles. The van der Waals surface area contributed by atoms with Crippen molar-refractivity contribution in [2.24, 2.45) is 0 Å². The molecule has 1 aliphatic rings. The first-order valence-corrected chi connectivity index (χ1v) is 7.27. The fourth-order valence-electron chi connectivity index (χ4n) is 1.91. The Bertz CT molecular complexity index is 407. The van der Waals surface area contributed by atoms with Crippen molar-refractivity contribution in [2.45, 2.75) is 19.1 Å². The number of ether oxygens (including phenoxy) is 1. The van der Waals surface area contributed by atoms with Crippen molar-refractivity contribution in [1.29, 1.82) is 0 Å². The van der Waals surface area contributed by atoms with Gasteiger partial charge in [-0.15, -0.1) is 0 Å². The van der Waals surface area contributed by atoms with Crippen LogP contribution in [0.2, 0.25) is 0 Å². The molecule has 2 rings (SSSR count). The van der Waals surface area contributed by atoms with Gasteiger partial charge in [0.15, 0.2) is 4.67 Å². The first-order valence-electron chi connectivity index (χ1n) is 5.35. The van der Waals surface area contributed by atoms with E-state index in [9.17, 15) is 4.79 Å². The summed E-state index contributed by atoms with van der Waals surface area (Å²) in [6, 6.07) is 1.68. The van der Waals surface area contributed by atoms with Gasteiger partial charge in [-0.25, -0.2) is 0 Å². The first kappa shape index (κ1) is 13.1. The van der Waals surface area contributed by atoms with Gasteiger partial charge in [0.25, 0.3) is 5.91 Å². The number of hydrogen-bond acceptors (Lipinski definition) is 3. The summed E-state index contributed by atoms with van der Waals surface area (Å²) in [6.07, 6.45) is 1.61. The third-order valence-corrected chi connectivity index (χ3v) is 3.97. The number of morpholine rings is 1. The molecule has 94 valence electrons. The Kier molecular flexibility index (Phi) is 4.27. The maximum Gasteiger partial charge on any atom is 0.258 e. The van der Waals surface area contributed by atoms with Crippen LogP contribution in [0.1, 0.15) is 17.3 Å². The molecule has 0 aliphatic carbocycles. The third kappa shape index (κ3) is 2.92. The van der Waals surface area contributed by atoms with E-state index in [-0.39, 0.29) is 18.1 Å². The summed E-state index contributed by atoms with van der Waals surface area (Å²) >= 11 is 6.61. The topological polar surface area (TPSA) is 42.7 Å². The van der Waals surface area contributed by atoms with Crippen molar-refractivity contribution in [1.82, 2.24) is 4.90 Å². The van der Waals surface area contributed by atoms with E-state index in [1.807, 2.05) is 6.92 Å². The van der Waals surface area contributed by atoms with Crippen LogP contribution in [0.3, 0.4) is 0 Å². The van der Waals surface area contributed by atoms with Crippen LogP contribution in [0.5, 0.6) is 0 Å². The second-order valence-electron chi connectivity index (χ2n) is 4.04. The molecule has 2 unspecified atom stereocenters. The van der Waals surface area contributed by atoms with E-state index in [4.69, 9.17) is 9.15 Å². The predicted octanol–water partition coefficient (Wildman–Crippen LogP) is 2.67. The summed E-state index contributed by atoms with van der Waals surface area (Å²) in [7, 11) is 0. The average molecular weight is 367 g/mol. The quantitative estimate of drug-likeness (QED) is 0.755. The van der Waals surface area contributed by atoms with E-state index >= 15 is 0 Å². The lowest BCUT2D eigenvalue weighted by atomic mass is 10.2. The van der Waals surface area contributed by atoms with Crippen molar-refractivity contribution in [2.75, 3.05) is 18.4 Å². The van der Waals surface area contributed by atoms with Crippen molar-refractivity contribution < 1.29 is 13.9 Å². The minimum Gasteiger partial charge on any atom is -0.457 e. The third-order valence-electron chi connectivity index (χ3n) is 2.63. The van der Waals surface area contributed by atoms with Crippen LogP contribution >= 0.6 is 31.9 Å². The monoisotopic (exact) mass is 365 g/mol. The van der Waals surface area contributed by atoms with Gasteiger partial charge in [0.05, 0.1) is 24.0 Å². The molecule has 1 aromatic rings. The summed E-state index contributed by atoms with van der Waals surface area (Å²) in [5.41, 5.74) is 0.562. The smallest absolute Gasteiger partial charge is 0.258 e. The number of carbonyl (C=O) groups is 1. The zero-order valence-corrected chi connectivity index (χ0v) is 12.5. The van der Waals surface area contributed by atoms with E-state index in [1.54, 1.807) is 11.0 Å². The van der Waals surface area contributed by atoms with E-state index in [2.05, 4.69) is 31.9 Å². The molecule has 0 aromatic carbocycles. The SMILES string of the molecule is CC1CN(C(=O)c2ccoc2Br)CC(CBr)O1. The highest BCUT2D eigenvalue weighted by atomic mass is 79.9. The summed E-state index contributed by atoms with van der Waals surface area (Å²) < 4.78 is 11.3. The molecule has 1 amide bonds. The molecule has 4 nitrogen and oxygen atoms in total. The molecule has 1 saturated heterocycles. The van der Waals surface area contributed by atoms with E-state index in [0.29, 0.717) is 23.3 Å². The van der Waals surface area contributed by atoms with E-state index < -0.39 is 0 Å². The fraction of sp³-hybridized carbons (Fsp3) is 0.545. The number of halogens is 2. The van der Waals surface area contributed by atoms with Crippen molar-refractivity contribution in [3.8, 4) is 0 Å². The van der Waals surface area contributed by atoms with Gasteiger partial charge in [0.1, 0.15) is 0 Å². The lowest BCUT2D eigenvalue weighted by Crippen LogP contribution is -2.49. The van der Waals surface area contributed by atoms with Gasteiger partial charge < -0.3 is 14.1 Å². The Hall–Kier alpha value is -0.330. The number of hydrogen-bond donors (Lipinski definition) is 0.